The number of anilines is 1. The van der Waals surface area contributed by atoms with E-state index >= 15 is 0 Å². The van der Waals surface area contributed by atoms with Crippen LogP contribution in [0.15, 0.2) is 28.7 Å². The number of carbonyl (C=O) groups excluding carboxylic acids is 2. The van der Waals surface area contributed by atoms with Crippen LogP contribution in [0.5, 0.6) is 0 Å². The largest absolute Gasteiger partial charge is 0.481 e. The highest BCUT2D eigenvalue weighted by atomic mass is 79.9. The van der Waals surface area contributed by atoms with Crippen molar-refractivity contribution in [1.82, 2.24) is 5.32 Å². The van der Waals surface area contributed by atoms with Gasteiger partial charge >= 0.3 is 5.97 Å². The zero-order chi connectivity index (χ0) is 15.7. The van der Waals surface area contributed by atoms with E-state index in [1.807, 2.05) is 0 Å². The Hall–Kier alpha value is -1.89. The summed E-state index contributed by atoms with van der Waals surface area (Å²) in [7, 11) is 0. The smallest absolute Gasteiger partial charge is 0.303 e. The van der Waals surface area contributed by atoms with Crippen molar-refractivity contribution >= 4 is 39.4 Å². The maximum absolute atomic E-state index is 11.6. The molecule has 3 N–H and O–H groups in total. The van der Waals surface area contributed by atoms with Gasteiger partial charge in [-0.3, -0.25) is 14.4 Å². The summed E-state index contributed by atoms with van der Waals surface area (Å²) in [6, 6.07) is 7.10. The van der Waals surface area contributed by atoms with Crippen LogP contribution in [0, 0.1) is 0 Å². The van der Waals surface area contributed by atoms with Crippen LogP contribution in [-0.2, 0) is 14.4 Å². The third-order valence-corrected chi connectivity index (χ3v) is 3.15. The van der Waals surface area contributed by atoms with E-state index in [9.17, 15) is 14.4 Å². The molecule has 0 saturated heterocycles. The number of unbranched alkanes of at least 4 members (excludes halogenated alkanes) is 1. The van der Waals surface area contributed by atoms with Gasteiger partial charge in [-0.2, -0.15) is 0 Å². The molecule has 0 aromatic heterocycles. The number of carboxylic acid groups (broad SMARTS) is 1. The lowest BCUT2D eigenvalue weighted by atomic mass is 10.2. The van der Waals surface area contributed by atoms with Gasteiger partial charge in [-0.15, -0.1) is 0 Å². The van der Waals surface area contributed by atoms with E-state index in [1.165, 1.54) is 0 Å². The fourth-order valence-corrected chi connectivity index (χ4v) is 1.83. The maximum Gasteiger partial charge on any atom is 0.303 e. The molecule has 1 aromatic carbocycles. The van der Waals surface area contributed by atoms with Crippen molar-refractivity contribution in [1.29, 1.82) is 0 Å². The average molecular weight is 357 g/mol. The molecule has 1 rings (SSSR count). The number of carbonyl (C=O) groups is 3. The Labute approximate surface area is 131 Å². The molecule has 0 atom stereocenters. The van der Waals surface area contributed by atoms with Gasteiger partial charge in [-0.1, -0.05) is 15.9 Å². The van der Waals surface area contributed by atoms with Crippen molar-refractivity contribution in [3.05, 3.63) is 28.7 Å². The second kappa shape index (κ2) is 9.12. The molecule has 6 nitrogen and oxygen atoms in total. The summed E-state index contributed by atoms with van der Waals surface area (Å²) < 4.78 is 0.912. The quantitative estimate of drug-likeness (QED) is 0.621. The van der Waals surface area contributed by atoms with Gasteiger partial charge in [0.15, 0.2) is 0 Å². The molecule has 114 valence electrons. The second-order valence-corrected chi connectivity index (χ2v) is 5.35. The second-order valence-electron chi connectivity index (χ2n) is 4.43. The molecule has 0 aliphatic rings. The van der Waals surface area contributed by atoms with E-state index in [0.29, 0.717) is 18.5 Å². The van der Waals surface area contributed by atoms with Gasteiger partial charge in [0.05, 0.1) is 6.54 Å². The summed E-state index contributed by atoms with van der Waals surface area (Å²) in [5.74, 6) is -1.44. The van der Waals surface area contributed by atoms with E-state index < -0.39 is 5.97 Å². The lowest BCUT2D eigenvalue weighted by Crippen LogP contribution is -2.32. The Morgan fingerprint density at radius 3 is 2.24 bits per heavy atom. The van der Waals surface area contributed by atoms with Crippen molar-refractivity contribution < 1.29 is 19.5 Å². The first-order chi connectivity index (χ1) is 9.97. The molecule has 1 aromatic rings. The SMILES string of the molecule is O=C(O)CCCCC(=O)NCC(=O)Nc1ccc(Br)cc1. The fourth-order valence-electron chi connectivity index (χ4n) is 1.57. The Morgan fingerprint density at radius 2 is 1.62 bits per heavy atom. The van der Waals surface area contributed by atoms with Crippen LogP contribution in [-0.4, -0.2) is 29.4 Å². The van der Waals surface area contributed by atoms with Crippen molar-refractivity contribution in [2.24, 2.45) is 0 Å². The monoisotopic (exact) mass is 356 g/mol. The van der Waals surface area contributed by atoms with Gasteiger partial charge in [0.1, 0.15) is 0 Å². The van der Waals surface area contributed by atoms with Crippen molar-refractivity contribution in [3.8, 4) is 0 Å². The first-order valence-electron chi connectivity index (χ1n) is 6.51. The Bertz CT molecular complexity index is 502. The topological polar surface area (TPSA) is 95.5 Å². The Morgan fingerprint density at radius 1 is 1.00 bits per heavy atom. The van der Waals surface area contributed by atoms with Crippen LogP contribution < -0.4 is 10.6 Å². The number of amides is 2. The predicted octanol–water partition coefficient (Wildman–Crippen LogP) is 2.15. The van der Waals surface area contributed by atoms with Crippen LogP contribution in [0.4, 0.5) is 5.69 Å². The molecule has 7 heteroatoms. The Kier molecular flexibility index (Phi) is 7.45. The molecule has 0 fully saturated rings. The molecule has 0 saturated carbocycles. The highest BCUT2D eigenvalue weighted by Gasteiger charge is 2.06. The standard InChI is InChI=1S/C14H17BrN2O4/c15-10-5-7-11(8-6-10)17-13(19)9-16-12(18)3-1-2-4-14(20)21/h5-8H,1-4,9H2,(H,16,18)(H,17,19)(H,20,21). The molecule has 0 unspecified atom stereocenters. The van der Waals surface area contributed by atoms with Crippen molar-refractivity contribution in [2.75, 3.05) is 11.9 Å². The zero-order valence-corrected chi connectivity index (χ0v) is 13.0. The summed E-state index contributed by atoms with van der Waals surface area (Å²) in [6.45, 7) is -0.103. The molecule has 0 radical (unpaired) electrons. The summed E-state index contributed by atoms with van der Waals surface area (Å²) in [4.78, 5) is 33.3. The summed E-state index contributed by atoms with van der Waals surface area (Å²) in [5, 5.41) is 13.6. The summed E-state index contributed by atoms with van der Waals surface area (Å²) >= 11 is 3.29. The predicted molar refractivity (Wildman–Crippen MR) is 81.9 cm³/mol. The highest BCUT2D eigenvalue weighted by Crippen LogP contribution is 2.13. The third-order valence-electron chi connectivity index (χ3n) is 2.62. The van der Waals surface area contributed by atoms with Gasteiger partial charge in [-0.05, 0) is 37.1 Å². The number of halogens is 1. The van der Waals surface area contributed by atoms with Gasteiger partial charge < -0.3 is 15.7 Å². The summed E-state index contributed by atoms with van der Waals surface area (Å²) in [5.41, 5.74) is 0.652. The van der Waals surface area contributed by atoms with Crippen LogP contribution in [0.25, 0.3) is 0 Å². The van der Waals surface area contributed by atoms with E-state index in [4.69, 9.17) is 5.11 Å². The molecule has 0 heterocycles. The fraction of sp³-hybridized carbons (Fsp3) is 0.357. The highest BCUT2D eigenvalue weighted by molar-refractivity contribution is 9.10. The maximum atomic E-state index is 11.6. The minimum atomic E-state index is -0.871. The molecular formula is C14H17BrN2O4. The normalized spacial score (nSPS) is 9.95. The summed E-state index contributed by atoms with van der Waals surface area (Å²) in [6.07, 6.45) is 1.22. The van der Waals surface area contributed by atoms with Gasteiger partial charge in [0, 0.05) is 23.0 Å². The number of rotatable bonds is 8. The number of nitrogens with one attached hydrogen (secondary N) is 2. The first-order valence-corrected chi connectivity index (χ1v) is 7.30. The number of hydrogen-bond acceptors (Lipinski definition) is 3. The van der Waals surface area contributed by atoms with Crippen LogP contribution >= 0.6 is 15.9 Å². The van der Waals surface area contributed by atoms with Crippen LogP contribution in [0.2, 0.25) is 0 Å². The molecule has 21 heavy (non-hydrogen) atoms. The molecular weight excluding hydrogens is 340 g/mol. The van der Waals surface area contributed by atoms with E-state index in [0.717, 1.165) is 4.47 Å². The minimum absolute atomic E-state index is 0.0529. The molecule has 0 spiro atoms. The number of aliphatic carboxylic acids is 1. The minimum Gasteiger partial charge on any atom is -0.481 e. The Balaban J connectivity index is 2.18. The number of carboxylic acids is 1. The van der Waals surface area contributed by atoms with E-state index in [2.05, 4.69) is 26.6 Å². The van der Waals surface area contributed by atoms with Crippen molar-refractivity contribution in [3.63, 3.8) is 0 Å². The zero-order valence-electron chi connectivity index (χ0n) is 11.4. The number of hydrogen-bond donors (Lipinski definition) is 3. The van der Waals surface area contributed by atoms with Crippen molar-refractivity contribution in [2.45, 2.75) is 25.7 Å². The number of benzene rings is 1. The van der Waals surface area contributed by atoms with E-state index in [1.54, 1.807) is 24.3 Å². The van der Waals surface area contributed by atoms with Crippen LogP contribution in [0.3, 0.4) is 0 Å². The molecule has 0 aliphatic carbocycles. The first kappa shape index (κ1) is 17.2. The average Bonchev–Trinajstić information content (AvgIpc) is 2.44. The molecule has 0 bridgehead atoms. The van der Waals surface area contributed by atoms with Gasteiger partial charge in [0.25, 0.3) is 0 Å². The van der Waals surface area contributed by atoms with Crippen LogP contribution in [0.1, 0.15) is 25.7 Å². The van der Waals surface area contributed by atoms with Gasteiger partial charge in [0.2, 0.25) is 11.8 Å². The van der Waals surface area contributed by atoms with E-state index in [-0.39, 0.29) is 31.2 Å². The van der Waals surface area contributed by atoms with Gasteiger partial charge in [-0.25, -0.2) is 0 Å². The third kappa shape index (κ3) is 8.09. The molecule has 2 amide bonds. The lowest BCUT2D eigenvalue weighted by Gasteiger charge is -2.07. The lowest BCUT2D eigenvalue weighted by molar-refractivity contribution is -0.137. The molecule has 0 aliphatic heterocycles.